The van der Waals surface area contributed by atoms with Crippen LogP contribution in [0, 0.1) is 0 Å². The first-order chi connectivity index (χ1) is 8.00. The lowest BCUT2D eigenvalue weighted by Crippen LogP contribution is -2.30. The molecule has 0 spiro atoms. The zero-order valence-electron chi connectivity index (χ0n) is 10.8. The van der Waals surface area contributed by atoms with Crippen molar-refractivity contribution in [3.63, 3.8) is 0 Å². The Morgan fingerprint density at radius 1 is 1.24 bits per heavy atom. The summed E-state index contributed by atoms with van der Waals surface area (Å²) in [5.41, 5.74) is 1.44. The number of nitrogens with one attached hydrogen (secondary N) is 1. The molecule has 1 rings (SSSR count). The predicted octanol–water partition coefficient (Wildman–Crippen LogP) is 2.43. The Bertz CT molecular complexity index is 368. The molecule has 1 atom stereocenters. The second kappa shape index (κ2) is 5.80. The van der Waals surface area contributed by atoms with E-state index in [9.17, 15) is 9.36 Å². The van der Waals surface area contributed by atoms with E-state index in [0.29, 0.717) is 25.2 Å². The Labute approximate surface area is 102 Å². The van der Waals surface area contributed by atoms with Gasteiger partial charge in [0, 0.05) is 5.57 Å². The first-order valence-electron chi connectivity index (χ1n) is 5.89. The van der Waals surface area contributed by atoms with E-state index in [0.717, 1.165) is 5.57 Å². The largest absolute Gasteiger partial charge is 0.356 e. The Morgan fingerprint density at radius 2 is 1.76 bits per heavy atom. The number of hydrogen-bond donors (Lipinski definition) is 1. The van der Waals surface area contributed by atoms with E-state index in [1.54, 1.807) is 20.8 Å². The van der Waals surface area contributed by atoms with Gasteiger partial charge in [0.1, 0.15) is 0 Å². The number of carbonyl (C=O) groups is 1. The van der Waals surface area contributed by atoms with E-state index in [4.69, 9.17) is 9.05 Å². The topological polar surface area (TPSA) is 64.6 Å². The Kier molecular flexibility index (Phi) is 4.92. The molecule has 98 valence electrons. The van der Waals surface area contributed by atoms with Gasteiger partial charge in [-0.05, 0) is 32.8 Å². The molecule has 0 radical (unpaired) electrons. The molecule has 1 N–H and O–H groups in total. The van der Waals surface area contributed by atoms with Gasteiger partial charge in [-0.1, -0.05) is 6.92 Å². The second-order valence-electron chi connectivity index (χ2n) is 3.76. The van der Waals surface area contributed by atoms with Crippen LogP contribution in [0.5, 0.6) is 0 Å². The van der Waals surface area contributed by atoms with Crippen LogP contribution in [-0.2, 0) is 18.4 Å². The van der Waals surface area contributed by atoms with Gasteiger partial charge < -0.3 is 14.4 Å². The zero-order chi connectivity index (χ0) is 13.1. The van der Waals surface area contributed by atoms with Gasteiger partial charge in [0.15, 0.2) is 5.78 Å². The highest BCUT2D eigenvalue weighted by atomic mass is 31.2. The minimum Gasteiger partial charge on any atom is -0.335 e. The van der Waals surface area contributed by atoms with Crippen LogP contribution >= 0.6 is 7.60 Å². The van der Waals surface area contributed by atoms with Crippen molar-refractivity contribution >= 4 is 13.5 Å². The molecule has 1 aliphatic heterocycles. The molecule has 0 saturated heterocycles. The van der Waals surface area contributed by atoms with Crippen molar-refractivity contribution in [2.75, 3.05) is 13.2 Å². The SMILES string of the molecule is CCOP(=O)(OCC)C1NC(=O)C(C)=C1CC. The lowest BCUT2D eigenvalue weighted by molar-refractivity contribution is -0.116. The molecule has 0 fully saturated rings. The van der Waals surface area contributed by atoms with Crippen molar-refractivity contribution in [3.05, 3.63) is 11.1 Å². The van der Waals surface area contributed by atoms with Gasteiger partial charge in [0.25, 0.3) is 0 Å². The Morgan fingerprint density at radius 3 is 2.18 bits per heavy atom. The summed E-state index contributed by atoms with van der Waals surface area (Å²) in [6.45, 7) is 7.75. The number of hydrogen-bond acceptors (Lipinski definition) is 4. The van der Waals surface area contributed by atoms with Crippen LogP contribution in [0.15, 0.2) is 11.1 Å². The van der Waals surface area contributed by atoms with Gasteiger partial charge in [-0.15, -0.1) is 0 Å². The molecule has 1 heterocycles. The second-order valence-corrected chi connectivity index (χ2v) is 5.87. The third-order valence-corrected chi connectivity index (χ3v) is 5.04. The fourth-order valence-electron chi connectivity index (χ4n) is 1.95. The molecule has 0 bridgehead atoms. The van der Waals surface area contributed by atoms with E-state index in [1.807, 2.05) is 6.92 Å². The van der Waals surface area contributed by atoms with Gasteiger partial charge in [0.05, 0.1) is 13.2 Å². The zero-order valence-corrected chi connectivity index (χ0v) is 11.7. The maximum Gasteiger partial charge on any atom is 0.356 e. The summed E-state index contributed by atoms with van der Waals surface area (Å²) in [4.78, 5) is 11.6. The minimum absolute atomic E-state index is 0.188. The minimum atomic E-state index is -3.30. The average Bonchev–Trinajstić information content (AvgIpc) is 2.56. The normalized spacial score (nSPS) is 20.9. The van der Waals surface area contributed by atoms with Crippen LogP contribution in [0.3, 0.4) is 0 Å². The molecule has 5 nitrogen and oxygen atoms in total. The summed E-state index contributed by atoms with van der Waals surface area (Å²) in [6, 6.07) is 0. The Balaban J connectivity index is 3.05. The van der Waals surface area contributed by atoms with Crippen molar-refractivity contribution in [3.8, 4) is 0 Å². The van der Waals surface area contributed by atoms with Crippen LogP contribution in [0.2, 0.25) is 0 Å². The van der Waals surface area contributed by atoms with Crippen molar-refractivity contribution in [2.24, 2.45) is 0 Å². The van der Waals surface area contributed by atoms with Crippen LogP contribution < -0.4 is 5.32 Å². The summed E-state index contributed by atoms with van der Waals surface area (Å²) < 4.78 is 23.1. The van der Waals surface area contributed by atoms with Crippen molar-refractivity contribution in [1.82, 2.24) is 5.32 Å². The lowest BCUT2D eigenvalue weighted by atomic mass is 10.1. The van der Waals surface area contributed by atoms with E-state index >= 15 is 0 Å². The van der Waals surface area contributed by atoms with Crippen LogP contribution in [0.1, 0.15) is 34.1 Å². The van der Waals surface area contributed by atoms with Crippen LogP contribution in [0.25, 0.3) is 0 Å². The molecule has 0 saturated carbocycles. The monoisotopic (exact) mass is 261 g/mol. The molecule has 0 aromatic heterocycles. The highest BCUT2D eigenvalue weighted by molar-refractivity contribution is 7.55. The maximum atomic E-state index is 12.6. The number of rotatable bonds is 6. The number of amides is 1. The summed E-state index contributed by atoms with van der Waals surface area (Å²) in [6.07, 6.45) is 0.652. The summed E-state index contributed by atoms with van der Waals surface area (Å²) >= 11 is 0. The van der Waals surface area contributed by atoms with E-state index in [2.05, 4.69) is 5.32 Å². The highest BCUT2D eigenvalue weighted by Gasteiger charge is 2.43. The van der Waals surface area contributed by atoms with Crippen LogP contribution in [-0.4, -0.2) is 24.9 Å². The fourth-order valence-corrected chi connectivity index (χ4v) is 4.07. The van der Waals surface area contributed by atoms with Crippen LogP contribution in [0.4, 0.5) is 0 Å². The maximum absolute atomic E-state index is 12.6. The van der Waals surface area contributed by atoms with Crippen molar-refractivity contribution in [1.29, 1.82) is 0 Å². The van der Waals surface area contributed by atoms with Gasteiger partial charge >= 0.3 is 7.60 Å². The molecular formula is C11H20NO4P. The third-order valence-electron chi connectivity index (χ3n) is 2.74. The molecule has 1 aliphatic rings. The van der Waals surface area contributed by atoms with Gasteiger partial charge in [-0.25, -0.2) is 0 Å². The predicted molar refractivity (Wildman–Crippen MR) is 65.8 cm³/mol. The standard InChI is InChI=1S/C11H20NO4P/c1-5-9-8(4)10(13)12-11(9)17(14,15-6-2)16-7-3/h11H,5-7H2,1-4H3,(H,12,13). The molecular weight excluding hydrogens is 241 g/mol. The Hall–Kier alpha value is -0.640. The van der Waals surface area contributed by atoms with Gasteiger partial charge in [-0.3, -0.25) is 9.36 Å². The molecule has 1 unspecified atom stereocenters. The lowest BCUT2D eigenvalue weighted by Gasteiger charge is -2.24. The molecule has 6 heteroatoms. The quantitative estimate of drug-likeness (QED) is 0.746. The van der Waals surface area contributed by atoms with E-state index in [-0.39, 0.29) is 5.91 Å². The van der Waals surface area contributed by atoms with E-state index < -0.39 is 13.4 Å². The third kappa shape index (κ3) is 2.79. The highest BCUT2D eigenvalue weighted by Crippen LogP contribution is 2.56. The summed E-state index contributed by atoms with van der Waals surface area (Å²) in [5.74, 6) is -0.814. The molecule has 17 heavy (non-hydrogen) atoms. The van der Waals surface area contributed by atoms with Crippen molar-refractivity contribution in [2.45, 2.75) is 39.9 Å². The fraction of sp³-hybridized carbons (Fsp3) is 0.727. The van der Waals surface area contributed by atoms with Gasteiger partial charge in [0.2, 0.25) is 5.91 Å². The number of carbonyl (C=O) groups excluding carboxylic acids is 1. The van der Waals surface area contributed by atoms with Crippen molar-refractivity contribution < 1.29 is 18.4 Å². The first kappa shape index (κ1) is 14.4. The van der Waals surface area contributed by atoms with Gasteiger partial charge in [-0.2, -0.15) is 0 Å². The molecule has 0 aromatic rings. The first-order valence-corrected chi connectivity index (χ1v) is 7.50. The summed E-state index contributed by atoms with van der Waals surface area (Å²) in [5, 5.41) is 2.69. The molecule has 0 aliphatic carbocycles. The molecule has 0 aromatic carbocycles. The summed E-state index contributed by atoms with van der Waals surface area (Å²) in [7, 11) is -3.30. The smallest absolute Gasteiger partial charge is 0.335 e. The molecule has 1 amide bonds. The average molecular weight is 261 g/mol. The van der Waals surface area contributed by atoms with E-state index in [1.165, 1.54) is 0 Å².